The highest BCUT2D eigenvalue weighted by molar-refractivity contribution is 7.99. The number of rotatable bonds is 7. The zero-order valence-corrected chi connectivity index (χ0v) is 18.3. The number of amides is 1. The van der Waals surface area contributed by atoms with Crippen LogP contribution in [-0.2, 0) is 24.2 Å². The third-order valence-corrected chi connectivity index (χ3v) is 7.69. The summed E-state index contributed by atoms with van der Waals surface area (Å²) >= 11 is 3.07. The fourth-order valence-electron chi connectivity index (χ4n) is 4.23. The lowest BCUT2D eigenvalue weighted by molar-refractivity contribution is -0.126. The molecule has 0 atom stereocenters. The summed E-state index contributed by atoms with van der Waals surface area (Å²) in [5, 5.41) is 1.51. The Labute approximate surface area is 173 Å². The second kappa shape index (κ2) is 8.41. The molecule has 2 aromatic heterocycles. The predicted molar refractivity (Wildman–Crippen MR) is 116 cm³/mol. The number of aryl methyl sites for hydroxylation is 2. The third-order valence-electron chi connectivity index (χ3n) is 5.54. The van der Waals surface area contributed by atoms with Crippen LogP contribution in [0.5, 0.6) is 0 Å². The standard InChI is InChI=1S/C21H27N3O2S2/c1-3-12-24-20(26)18-15-10-7-11-16(15)28-19(18)22-21(24)27-13-17(25)23(4-2)14-8-5-6-9-14/h8H,3-7,9-13H2,1-2H3. The summed E-state index contributed by atoms with van der Waals surface area (Å²) in [5.74, 6) is 0.421. The van der Waals surface area contributed by atoms with E-state index in [1.807, 2.05) is 11.8 Å². The Bertz CT molecular complexity index is 990. The Morgan fingerprint density at radius 1 is 1.29 bits per heavy atom. The Balaban J connectivity index is 1.62. The van der Waals surface area contributed by atoms with E-state index in [1.165, 1.54) is 22.2 Å². The summed E-state index contributed by atoms with van der Waals surface area (Å²) in [7, 11) is 0. The Morgan fingerprint density at radius 2 is 2.14 bits per heavy atom. The molecule has 2 aliphatic rings. The van der Waals surface area contributed by atoms with E-state index in [0.29, 0.717) is 24.0 Å². The van der Waals surface area contributed by atoms with E-state index in [1.54, 1.807) is 15.9 Å². The van der Waals surface area contributed by atoms with Crippen LogP contribution >= 0.6 is 23.1 Å². The van der Waals surface area contributed by atoms with Crippen LogP contribution in [0.1, 0.15) is 56.4 Å². The highest BCUT2D eigenvalue weighted by Gasteiger charge is 2.24. The van der Waals surface area contributed by atoms with Crippen LogP contribution in [0.25, 0.3) is 10.2 Å². The van der Waals surface area contributed by atoms with Crippen LogP contribution in [0.15, 0.2) is 21.7 Å². The first-order chi connectivity index (χ1) is 13.6. The molecule has 2 aromatic rings. The van der Waals surface area contributed by atoms with Gasteiger partial charge in [0.05, 0.1) is 11.1 Å². The van der Waals surface area contributed by atoms with E-state index in [9.17, 15) is 9.59 Å². The van der Waals surface area contributed by atoms with Gasteiger partial charge in [0.15, 0.2) is 5.16 Å². The first kappa shape index (κ1) is 19.7. The molecule has 0 aliphatic heterocycles. The second-order valence-electron chi connectivity index (χ2n) is 7.40. The lowest BCUT2D eigenvalue weighted by Crippen LogP contribution is -2.31. The maximum atomic E-state index is 13.2. The number of carbonyl (C=O) groups is 1. The van der Waals surface area contributed by atoms with Crippen molar-refractivity contribution < 1.29 is 4.79 Å². The fraction of sp³-hybridized carbons (Fsp3) is 0.571. The molecular formula is C21H27N3O2S2. The molecule has 0 saturated heterocycles. The van der Waals surface area contributed by atoms with Gasteiger partial charge < -0.3 is 4.90 Å². The van der Waals surface area contributed by atoms with Crippen LogP contribution in [0.3, 0.4) is 0 Å². The van der Waals surface area contributed by atoms with Crippen LogP contribution in [0.4, 0.5) is 0 Å². The number of nitrogens with zero attached hydrogens (tertiary/aromatic N) is 3. The summed E-state index contributed by atoms with van der Waals surface area (Å²) in [6.45, 7) is 5.43. The number of hydrogen-bond acceptors (Lipinski definition) is 5. The van der Waals surface area contributed by atoms with Crippen molar-refractivity contribution in [2.45, 2.75) is 70.5 Å². The molecule has 0 spiro atoms. The van der Waals surface area contributed by atoms with Gasteiger partial charge in [-0.05, 0) is 57.4 Å². The van der Waals surface area contributed by atoms with E-state index in [0.717, 1.165) is 60.9 Å². The molecule has 0 radical (unpaired) electrons. The summed E-state index contributed by atoms with van der Waals surface area (Å²) in [5.41, 5.74) is 2.45. The van der Waals surface area contributed by atoms with Gasteiger partial charge in [-0.3, -0.25) is 14.2 Å². The number of fused-ring (bicyclic) bond motifs is 3. The Morgan fingerprint density at radius 3 is 2.86 bits per heavy atom. The maximum absolute atomic E-state index is 13.2. The topological polar surface area (TPSA) is 55.2 Å². The number of carbonyl (C=O) groups excluding carboxylic acids is 1. The minimum atomic E-state index is 0.0760. The molecule has 0 N–H and O–H groups in total. The summed E-state index contributed by atoms with van der Waals surface area (Å²) in [6, 6.07) is 0. The van der Waals surface area contributed by atoms with Gasteiger partial charge in [0.25, 0.3) is 5.56 Å². The second-order valence-corrected chi connectivity index (χ2v) is 9.43. The Kier molecular flexibility index (Phi) is 5.92. The van der Waals surface area contributed by atoms with Crippen LogP contribution < -0.4 is 5.56 Å². The van der Waals surface area contributed by atoms with Gasteiger partial charge >= 0.3 is 0 Å². The van der Waals surface area contributed by atoms with E-state index in [-0.39, 0.29) is 11.5 Å². The molecule has 4 rings (SSSR count). The molecule has 1 amide bonds. The number of thioether (sulfide) groups is 1. The molecule has 2 aliphatic carbocycles. The number of thiophene rings is 1. The summed E-state index contributed by atoms with van der Waals surface area (Å²) < 4.78 is 1.79. The average molecular weight is 418 g/mol. The van der Waals surface area contributed by atoms with Gasteiger partial charge in [-0.15, -0.1) is 11.3 Å². The van der Waals surface area contributed by atoms with Crippen LogP contribution in [0, 0.1) is 0 Å². The van der Waals surface area contributed by atoms with Gasteiger partial charge in [0.1, 0.15) is 4.83 Å². The minimum Gasteiger partial charge on any atom is -0.316 e. The molecule has 2 heterocycles. The molecule has 5 nitrogen and oxygen atoms in total. The fourth-order valence-corrected chi connectivity index (χ4v) is 6.44. The lowest BCUT2D eigenvalue weighted by atomic mass is 10.2. The first-order valence-corrected chi connectivity index (χ1v) is 12.1. The molecule has 0 aromatic carbocycles. The molecule has 150 valence electrons. The molecule has 0 bridgehead atoms. The largest absolute Gasteiger partial charge is 0.316 e. The monoisotopic (exact) mass is 417 g/mol. The molecule has 0 fully saturated rings. The van der Waals surface area contributed by atoms with E-state index >= 15 is 0 Å². The highest BCUT2D eigenvalue weighted by Crippen LogP contribution is 2.35. The van der Waals surface area contributed by atoms with Crippen molar-refractivity contribution in [2.75, 3.05) is 12.3 Å². The minimum absolute atomic E-state index is 0.0760. The van der Waals surface area contributed by atoms with Crippen molar-refractivity contribution in [3.8, 4) is 0 Å². The maximum Gasteiger partial charge on any atom is 0.263 e. The normalized spacial score (nSPS) is 15.9. The quantitative estimate of drug-likeness (QED) is 0.496. The number of allylic oxidation sites excluding steroid dienone is 2. The van der Waals surface area contributed by atoms with Crippen molar-refractivity contribution in [1.82, 2.24) is 14.5 Å². The van der Waals surface area contributed by atoms with Crippen molar-refractivity contribution >= 4 is 39.2 Å². The Hall–Kier alpha value is -1.60. The molecule has 0 unspecified atom stereocenters. The zero-order valence-electron chi connectivity index (χ0n) is 16.6. The van der Waals surface area contributed by atoms with Crippen molar-refractivity contribution in [3.05, 3.63) is 32.6 Å². The van der Waals surface area contributed by atoms with Crippen molar-refractivity contribution in [2.24, 2.45) is 0 Å². The lowest BCUT2D eigenvalue weighted by Gasteiger charge is -2.22. The van der Waals surface area contributed by atoms with Gasteiger partial charge in [0.2, 0.25) is 5.91 Å². The van der Waals surface area contributed by atoms with Gasteiger partial charge in [-0.1, -0.05) is 24.8 Å². The summed E-state index contributed by atoms with van der Waals surface area (Å²) in [6.07, 6.45) is 9.40. The molecule has 7 heteroatoms. The van der Waals surface area contributed by atoms with Gasteiger partial charge in [-0.2, -0.15) is 0 Å². The van der Waals surface area contributed by atoms with Gasteiger partial charge in [0, 0.05) is 23.7 Å². The molecule has 0 saturated carbocycles. The number of aromatic nitrogens is 2. The van der Waals surface area contributed by atoms with E-state index in [2.05, 4.69) is 13.0 Å². The zero-order chi connectivity index (χ0) is 19.7. The summed E-state index contributed by atoms with van der Waals surface area (Å²) in [4.78, 5) is 34.9. The number of hydrogen-bond donors (Lipinski definition) is 0. The average Bonchev–Trinajstić information content (AvgIpc) is 3.40. The van der Waals surface area contributed by atoms with Crippen molar-refractivity contribution in [3.63, 3.8) is 0 Å². The van der Waals surface area contributed by atoms with E-state index < -0.39 is 0 Å². The highest BCUT2D eigenvalue weighted by atomic mass is 32.2. The predicted octanol–water partition coefficient (Wildman–Crippen LogP) is 4.37. The SMILES string of the molecule is CCCn1c(SCC(=O)N(CC)C2=CCCC2)nc2sc3c(c2c1=O)CCC3. The smallest absolute Gasteiger partial charge is 0.263 e. The third kappa shape index (κ3) is 3.54. The first-order valence-electron chi connectivity index (χ1n) is 10.3. The van der Waals surface area contributed by atoms with Crippen LogP contribution in [-0.4, -0.2) is 32.7 Å². The van der Waals surface area contributed by atoms with E-state index in [4.69, 9.17) is 4.98 Å². The molecule has 28 heavy (non-hydrogen) atoms. The van der Waals surface area contributed by atoms with Crippen LogP contribution in [0.2, 0.25) is 0 Å². The van der Waals surface area contributed by atoms with Crippen molar-refractivity contribution in [1.29, 1.82) is 0 Å². The molecular weight excluding hydrogens is 390 g/mol. The van der Waals surface area contributed by atoms with Gasteiger partial charge in [-0.25, -0.2) is 4.98 Å².